The molecule has 1 aromatic carbocycles. The van der Waals surface area contributed by atoms with Gasteiger partial charge in [-0.05, 0) is 32.9 Å². The number of carbonyl (C=O) groups excluding carboxylic acids is 1. The van der Waals surface area contributed by atoms with E-state index in [1.807, 2.05) is 25.1 Å². The van der Waals surface area contributed by atoms with Gasteiger partial charge in [-0.2, -0.15) is 5.10 Å². The normalized spacial score (nSPS) is 12.7. The molecule has 0 aliphatic carbocycles. The van der Waals surface area contributed by atoms with E-state index < -0.39 is 0 Å². The Labute approximate surface area is 134 Å². The maximum Gasteiger partial charge on any atom is 0.228 e. The first kappa shape index (κ1) is 15.2. The van der Waals surface area contributed by atoms with Gasteiger partial charge in [0.1, 0.15) is 18.0 Å². The number of hydrogen-bond acceptors (Lipinski definition) is 4. The smallest absolute Gasteiger partial charge is 0.228 e. The van der Waals surface area contributed by atoms with Gasteiger partial charge < -0.3 is 9.88 Å². The summed E-state index contributed by atoms with van der Waals surface area (Å²) < 4.78 is 2.16. The van der Waals surface area contributed by atoms with Crippen molar-refractivity contribution >= 4 is 16.9 Å². The Bertz CT molecular complexity index is 805. The van der Waals surface area contributed by atoms with Gasteiger partial charge in [-0.25, -0.2) is 9.97 Å². The summed E-state index contributed by atoms with van der Waals surface area (Å²) in [6.07, 6.45) is 1.57. The highest BCUT2D eigenvalue weighted by Crippen LogP contribution is 2.24. The van der Waals surface area contributed by atoms with Gasteiger partial charge in [0.15, 0.2) is 0 Å². The van der Waals surface area contributed by atoms with Gasteiger partial charge in [0.05, 0.1) is 23.5 Å². The number of nitrogens with one attached hydrogen (secondary N) is 2. The van der Waals surface area contributed by atoms with Crippen molar-refractivity contribution in [2.24, 2.45) is 0 Å². The molecule has 2 heterocycles. The van der Waals surface area contributed by atoms with Crippen LogP contribution in [0.5, 0.6) is 0 Å². The molecule has 0 spiro atoms. The number of nitrogens with zero attached hydrogens (tertiary/aromatic N) is 4. The molecule has 23 heavy (non-hydrogen) atoms. The number of imidazole rings is 1. The summed E-state index contributed by atoms with van der Waals surface area (Å²) in [5.41, 5.74) is 2.02. The van der Waals surface area contributed by atoms with Gasteiger partial charge in [0.2, 0.25) is 5.91 Å². The first-order valence-electron chi connectivity index (χ1n) is 7.66. The van der Waals surface area contributed by atoms with Crippen LogP contribution in [0.25, 0.3) is 11.0 Å². The Morgan fingerprint density at radius 2 is 2.09 bits per heavy atom. The number of fused-ring (bicyclic) bond motifs is 1. The number of rotatable bonds is 5. The summed E-state index contributed by atoms with van der Waals surface area (Å²) in [5.74, 6) is 1.29. The summed E-state index contributed by atoms with van der Waals surface area (Å²) in [6, 6.07) is 8.07. The van der Waals surface area contributed by atoms with Gasteiger partial charge in [-0.3, -0.25) is 9.89 Å². The van der Waals surface area contributed by atoms with Crippen molar-refractivity contribution in [1.29, 1.82) is 0 Å². The zero-order chi connectivity index (χ0) is 16.4. The highest BCUT2D eigenvalue weighted by atomic mass is 16.1. The van der Waals surface area contributed by atoms with Gasteiger partial charge in [-0.15, -0.1) is 0 Å². The Hall–Kier alpha value is -2.70. The van der Waals surface area contributed by atoms with Crippen molar-refractivity contribution in [2.75, 3.05) is 0 Å². The molecule has 1 unspecified atom stereocenters. The topological polar surface area (TPSA) is 88.5 Å². The third-order valence-electron chi connectivity index (χ3n) is 3.70. The first-order valence-corrected chi connectivity index (χ1v) is 7.66. The molecule has 120 valence electrons. The van der Waals surface area contributed by atoms with Crippen molar-refractivity contribution in [2.45, 2.75) is 39.3 Å². The molecule has 7 heteroatoms. The van der Waals surface area contributed by atoms with E-state index in [4.69, 9.17) is 4.98 Å². The fourth-order valence-corrected chi connectivity index (χ4v) is 2.74. The zero-order valence-corrected chi connectivity index (χ0v) is 13.4. The minimum atomic E-state index is -0.194. The number of hydrogen-bond donors (Lipinski definition) is 2. The lowest BCUT2D eigenvalue weighted by molar-refractivity contribution is -0.121. The van der Waals surface area contributed by atoms with Crippen LogP contribution in [-0.2, 0) is 11.2 Å². The van der Waals surface area contributed by atoms with E-state index in [0.29, 0.717) is 5.82 Å². The molecule has 2 aromatic heterocycles. The van der Waals surface area contributed by atoms with Gasteiger partial charge >= 0.3 is 0 Å². The maximum atomic E-state index is 12.2. The standard InChI is InChI=1S/C16H20N6O/c1-10(2)22-13-7-5-4-6-12(13)20-16(22)11(3)19-15(23)8-14-17-9-18-21-14/h4-7,9-11H,8H2,1-3H3,(H,19,23)(H,17,18,21). The van der Waals surface area contributed by atoms with Crippen molar-refractivity contribution in [3.05, 3.63) is 42.2 Å². The van der Waals surface area contributed by atoms with Gasteiger partial charge in [0, 0.05) is 6.04 Å². The van der Waals surface area contributed by atoms with Crippen molar-refractivity contribution < 1.29 is 4.79 Å². The predicted molar refractivity (Wildman–Crippen MR) is 86.8 cm³/mol. The molecule has 0 aliphatic rings. The van der Waals surface area contributed by atoms with E-state index in [9.17, 15) is 4.79 Å². The van der Waals surface area contributed by atoms with E-state index >= 15 is 0 Å². The monoisotopic (exact) mass is 312 g/mol. The lowest BCUT2D eigenvalue weighted by Gasteiger charge is -2.18. The average Bonchev–Trinajstić information content (AvgIpc) is 3.13. The van der Waals surface area contributed by atoms with Crippen LogP contribution < -0.4 is 5.32 Å². The molecule has 0 saturated heterocycles. The highest BCUT2D eigenvalue weighted by molar-refractivity contribution is 5.79. The summed E-state index contributed by atoms with van der Waals surface area (Å²) in [7, 11) is 0. The lowest BCUT2D eigenvalue weighted by atomic mass is 10.2. The number of para-hydroxylation sites is 2. The second kappa shape index (κ2) is 6.20. The minimum absolute atomic E-state index is 0.114. The van der Waals surface area contributed by atoms with Crippen LogP contribution in [0.1, 0.15) is 44.5 Å². The molecule has 0 aliphatic heterocycles. The van der Waals surface area contributed by atoms with Crippen LogP contribution >= 0.6 is 0 Å². The number of benzene rings is 1. The molecule has 7 nitrogen and oxygen atoms in total. The number of amides is 1. The molecule has 3 aromatic rings. The number of aromatic nitrogens is 5. The van der Waals surface area contributed by atoms with E-state index in [0.717, 1.165) is 16.9 Å². The second-order valence-corrected chi connectivity index (χ2v) is 5.82. The molecule has 0 saturated carbocycles. The Kier molecular flexibility index (Phi) is 4.10. The van der Waals surface area contributed by atoms with Crippen LogP contribution in [0.4, 0.5) is 0 Å². The van der Waals surface area contributed by atoms with Crippen LogP contribution in [0, 0.1) is 0 Å². The van der Waals surface area contributed by atoms with Crippen LogP contribution in [0.15, 0.2) is 30.6 Å². The molecule has 3 rings (SSSR count). The number of aromatic amines is 1. The van der Waals surface area contributed by atoms with Crippen molar-refractivity contribution in [1.82, 2.24) is 30.0 Å². The Morgan fingerprint density at radius 3 is 2.78 bits per heavy atom. The molecule has 0 fully saturated rings. The maximum absolute atomic E-state index is 12.2. The average molecular weight is 312 g/mol. The minimum Gasteiger partial charge on any atom is -0.346 e. The van der Waals surface area contributed by atoms with Crippen molar-refractivity contribution in [3.8, 4) is 0 Å². The fourth-order valence-electron chi connectivity index (χ4n) is 2.74. The molecule has 0 bridgehead atoms. The summed E-state index contributed by atoms with van der Waals surface area (Å²) in [4.78, 5) is 20.8. The zero-order valence-electron chi connectivity index (χ0n) is 13.4. The highest BCUT2D eigenvalue weighted by Gasteiger charge is 2.20. The fraction of sp³-hybridized carbons (Fsp3) is 0.375. The molecule has 1 atom stereocenters. The Balaban J connectivity index is 1.84. The summed E-state index contributed by atoms with van der Waals surface area (Å²) in [5, 5.41) is 9.42. The third kappa shape index (κ3) is 3.08. The van der Waals surface area contributed by atoms with Crippen LogP contribution in [0.3, 0.4) is 0 Å². The number of carbonyl (C=O) groups is 1. The van der Waals surface area contributed by atoms with Gasteiger partial charge in [0.25, 0.3) is 0 Å². The molecule has 2 N–H and O–H groups in total. The quantitative estimate of drug-likeness (QED) is 0.755. The molecule has 0 radical (unpaired) electrons. The summed E-state index contributed by atoms with van der Waals surface area (Å²) >= 11 is 0. The lowest BCUT2D eigenvalue weighted by Crippen LogP contribution is -2.30. The summed E-state index contributed by atoms with van der Waals surface area (Å²) in [6.45, 7) is 6.17. The SMILES string of the molecule is CC(NC(=O)Cc1ncn[nH]1)c1nc2ccccc2n1C(C)C. The van der Waals surface area contributed by atoms with Crippen molar-refractivity contribution in [3.63, 3.8) is 0 Å². The largest absolute Gasteiger partial charge is 0.346 e. The second-order valence-electron chi connectivity index (χ2n) is 5.82. The van der Waals surface area contributed by atoms with Gasteiger partial charge in [-0.1, -0.05) is 12.1 Å². The molecular weight excluding hydrogens is 292 g/mol. The van der Waals surface area contributed by atoms with E-state index in [1.165, 1.54) is 6.33 Å². The Morgan fingerprint density at radius 1 is 1.30 bits per heavy atom. The van der Waals surface area contributed by atoms with Crippen LogP contribution in [0.2, 0.25) is 0 Å². The molecular formula is C16H20N6O. The molecule has 1 amide bonds. The van der Waals surface area contributed by atoms with Crippen LogP contribution in [-0.4, -0.2) is 30.6 Å². The number of H-pyrrole nitrogens is 1. The van der Waals surface area contributed by atoms with E-state index in [1.54, 1.807) is 0 Å². The van der Waals surface area contributed by atoms with E-state index in [2.05, 4.69) is 45.0 Å². The van der Waals surface area contributed by atoms with E-state index in [-0.39, 0.29) is 24.4 Å². The first-order chi connectivity index (χ1) is 11.1. The third-order valence-corrected chi connectivity index (χ3v) is 3.70. The predicted octanol–water partition coefficient (Wildman–Crippen LogP) is 2.16.